The van der Waals surface area contributed by atoms with Gasteiger partial charge in [0.05, 0.1) is 31.7 Å². The molecule has 1 saturated heterocycles. The van der Waals surface area contributed by atoms with E-state index < -0.39 is 5.25 Å². The number of carbonyl (C=O) groups excluding carboxylic acids is 4. The van der Waals surface area contributed by atoms with E-state index in [-0.39, 0.29) is 50.3 Å². The summed E-state index contributed by atoms with van der Waals surface area (Å²) < 4.78 is 10.1. The summed E-state index contributed by atoms with van der Waals surface area (Å²) >= 11 is 1.25. The first-order chi connectivity index (χ1) is 12.1. The van der Waals surface area contributed by atoms with Crippen molar-refractivity contribution in [3.63, 3.8) is 0 Å². The molecule has 0 aromatic heterocycles. The molecule has 3 amide bonds. The Morgan fingerprint density at radius 2 is 2.08 bits per heavy atom. The number of aliphatic hydroxyl groups is 1. The third-order valence-electron chi connectivity index (χ3n) is 3.30. The van der Waals surface area contributed by atoms with Crippen LogP contribution in [0.4, 0.5) is 0 Å². The fourth-order valence-electron chi connectivity index (χ4n) is 2.13. The van der Waals surface area contributed by atoms with Gasteiger partial charge in [-0.05, 0) is 0 Å². The van der Waals surface area contributed by atoms with Crippen LogP contribution in [0.3, 0.4) is 0 Å². The minimum Gasteiger partial charge on any atom is -0.396 e. The van der Waals surface area contributed by atoms with Gasteiger partial charge in [0, 0.05) is 31.7 Å². The van der Waals surface area contributed by atoms with Crippen molar-refractivity contribution in [1.29, 1.82) is 0 Å². The van der Waals surface area contributed by atoms with Gasteiger partial charge in [-0.1, -0.05) is 0 Å². The van der Waals surface area contributed by atoms with E-state index in [9.17, 15) is 19.2 Å². The lowest BCUT2D eigenvalue weighted by Gasteiger charge is -2.14. The van der Waals surface area contributed by atoms with Crippen molar-refractivity contribution in [1.82, 2.24) is 10.2 Å². The number of nitrogens with zero attached hydrogens (tertiary/aromatic N) is 1. The predicted molar refractivity (Wildman–Crippen MR) is 90.0 cm³/mol. The van der Waals surface area contributed by atoms with Gasteiger partial charge in [0.15, 0.2) is 0 Å². The first kappa shape index (κ1) is 21.6. The van der Waals surface area contributed by atoms with Gasteiger partial charge in [-0.15, -0.1) is 11.8 Å². The summed E-state index contributed by atoms with van der Waals surface area (Å²) in [7, 11) is 0. The zero-order chi connectivity index (χ0) is 18.5. The number of aliphatic hydroxyl groups excluding tert-OH is 1. The Hall–Kier alpha value is -1.49. The molecule has 1 rings (SSSR count). The van der Waals surface area contributed by atoms with Crippen LogP contribution >= 0.6 is 11.8 Å². The number of hydrogen-bond donors (Lipinski definition) is 2. The van der Waals surface area contributed by atoms with E-state index in [1.807, 2.05) is 0 Å². The number of thioether (sulfide) groups is 1. The van der Waals surface area contributed by atoms with Crippen molar-refractivity contribution >= 4 is 35.8 Å². The van der Waals surface area contributed by atoms with Crippen LogP contribution in [0.5, 0.6) is 0 Å². The minimum atomic E-state index is -0.461. The summed E-state index contributed by atoms with van der Waals surface area (Å²) in [5, 5.41) is 11.0. The Morgan fingerprint density at radius 3 is 2.80 bits per heavy atom. The average Bonchev–Trinajstić information content (AvgIpc) is 2.87. The molecule has 1 heterocycles. The zero-order valence-corrected chi connectivity index (χ0v) is 14.8. The molecule has 1 fully saturated rings. The number of amides is 3. The average molecular weight is 376 g/mol. The van der Waals surface area contributed by atoms with E-state index in [2.05, 4.69) is 5.32 Å². The second kappa shape index (κ2) is 12.8. The van der Waals surface area contributed by atoms with Crippen molar-refractivity contribution in [2.45, 2.75) is 18.1 Å². The van der Waals surface area contributed by atoms with Crippen molar-refractivity contribution in [3.8, 4) is 0 Å². The zero-order valence-electron chi connectivity index (χ0n) is 14.0. The van der Waals surface area contributed by atoms with Crippen molar-refractivity contribution in [3.05, 3.63) is 0 Å². The van der Waals surface area contributed by atoms with Crippen molar-refractivity contribution in [2.75, 3.05) is 51.9 Å². The van der Waals surface area contributed by atoms with E-state index in [0.29, 0.717) is 38.4 Å². The summed E-state index contributed by atoms with van der Waals surface area (Å²) in [4.78, 5) is 46.7. The number of nitrogens with one attached hydrogen (secondary N) is 1. The summed E-state index contributed by atoms with van der Waals surface area (Å²) in [6, 6.07) is 0. The molecule has 10 heteroatoms. The lowest BCUT2D eigenvalue weighted by Crippen LogP contribution is -2.36. The number of hydrogen-bond acceptors (Lipinski definition) is 8. The normalized spacial score (nSPS) is 17.2. The maximum atomic E-state index is 12.1. The maximum absolute atomic E-state index is 12.1. The maximum Gasteiger partial charge on any atom is 0.242 e. The summed E-state index contributed by atoms with van der Waals surface area (Å²) in [5.74, 6) is -0.451. The van der Waals surface area contributed by atoms with Crippen molar-refractivity contribution < 1.29 is 33.8 Å². The molecule has 25 heavy (non-hydrogen) atoms. The Kier molecular flexibility index (Phi) is 11.0. The second-order valence-corrected chi connectivity index (χ2v) is 6.44. The van der Waals surface area contributed by atoms with E-state index in [1.54, 1.807) is 0 Å². The number of aldehydes is 1. The Balaban J connectivity index is 2.12. The summed E-state index contributed by atoms with van der Waals surface area (Å²) in [6.07, 6.45) is 0.812. The smallest absolute Gasteiger partial charge is 0.242 e. The lowest BCUT2D eigenvalue weighted by atomic mass is 10.3. The number of ether oxygens (including phenoxy) is 2. The molecule has 2 N–H and O–H groups in total. The molecular formula is C15H24N2O7S. The molecule has 1 atom stereocenters. The van der Waals surface area contributed by atoms with E-state index in [1.165, 1.54) is 11.8 Å². The van der Waals surface area contributed by atoms with Crippen LogP contribution in [0, 0.1) is 0 Å². The number of likely N-dealkylation sites (tertiary alicyclic amines) is 1. The van der Waals surface area contributed by atoms with Crippen LogP contribution in [0.15, 0.2) is 0 Å². The predicted octanol–water partition coefficient (Wildman–Crippen LogP) is -1.42. The molecule has 0 bridgehead atoms. The summed E-state index contributed by atoms with van der Waals surface area (Å²) in [6.45, 7) is 1.29. The minimum absolute atomic E-state index is 0.0351. The summed E-state index contributed by atoms with van der Waals surface area (Å²) in [5.41, 5.74) is 0. The Morgan fingerprint density at radius 1 is 1.32 bits per heavy atom. The first-order valence-corrected chi connectivity index (χ1v) is 9.07. The topological polar surface area (TPSA) is 122 Å². The molecule has 1 aliphatic heterocycles. The van der Waals surface area contributed by atoms with E-state index in [4.69, 9.17) is 14.6 Å². The highest BCUT2D eigenvalue weighted by Gasteiger charge is 2.38. The highest BCUT2D eigenvalue weighted by atomic mass is 32.2. The standard InChI is InChI=1S/C15H24N2O7S/c18-4-7-24-9-8-23-6-2-16-13(20)1-3-17-14(21)11-12(15(17)22)25-10-5-19/h4,12,19H,1-3,5-11H2,(H,16,20). The van der Waals surface area contributed by atoms with Gasteiger partial charge in [-0.3, -0.25) is 19.3 Å². The monoisotopic (exact) mass is 376 g/mol. The van der Waals surface area contributed by atoms with Crippen LogP contribution in [0.2, 0.25) is 0 Å². The fourth-order valence-corrected chi connectivity index (χ4v) is 3.05. The fraction of sp³-hybridized carbons (Fsp3) is 0.733. The van der Waals surface area contributed by atoms with Gasteiger partial charge in [-0.25, -0.2) is 0 Å². The van der Waals surface area contributed by atoms with Crippen LogP contribution < -0.4 is 5.32 Å². The van der Waals surface area contributed by atoms with Crippen molar-refractivity contribution in [2.24, 2.45) is 0 Å². The SMILES string of the molecule is O=CCOCCOCCNC(=O)CCN1C(=O)CC(SCCO)C1=O. The van der Waals surface area contributed by atoms with Gasteiger partial charge in [-0.2, -0.15) is 0 Å². The van der Waals surface area contributed by atoms with Gasteiger partial charge in [0.2, 0.25) is 17.7 Å². The molecule has 9 nitrogen and oxygen atoms in total. The van der Waals surface area contributed by atoms with E-state index >= 15 is 0 Å². The van der Waals surface area contributed by atoms with Gasteiger partial charge in [0.1, 0.15) is 12.9 Å². The Labute approximate surface area is 150 Å². The second-order valence-electron chi connectivity index (χ2n) is 5.12. The van der Waals surface area contributed by atoms with Crippen LogP contribution in [0.1, 0.15) is 12.8 Å². The molecular weight excluding hydrogens is 352 g/mol. The van der Waals surface area contributed by atoms with Gasteiger partial charge < -0.3 is 24.7 Å². The van der Waals surface area contributed by atoms with Gasteiger partial charge >= 0.3 is 0 Å². The highest BCUT2D eigenvalue weighted by Crippen LogP contribution is 2.24. The molecule has 0 saturated carbocycles. The molecule has 1 aliphatic rings. The van der Waals surface area contributed by atoms with Crippen LogP contribution in [-0.4, -0.2) is 91.1 Å². The molecule has 0 aromatic carbocycles. The highest BCUT2D eigenvalue weighted by molar-refractivity contribution is 8.00. The number of imide groups is 1. The van der Waals surface area contributed by atoms with Gasteiger partial charge in [0.25, 0.3) is 0 Å². The lowest BCUT2D eigenvalue weighted by molar-refractivity contribution is -0.138. The molecule has 0 aliphatic carbocycles. The number of carbonyl (C=O) groups is 4. The quantitative estimate of drug-likeness (QED) is 0.215. The third kappa shape index (κ3) is 8.43. The Bertz CT molecular complexity index is 461. The van der Waals surface area contributed by atoms with E-state index in [0.717, 1.165) is 4.90 Å². The molecule has 142 valence electrons. The third-order valence-corrected chi connectivity index (χ3v) is 4.49. The van der Waals surface area contributed by atoms with Crippen LogP contribution in [-0.2, 0) is 28.7 Å². The molecule has 1 unspecified atom stereocenters. The molecule has 0 radical (unpaired) electrons. The van der Waals surface area contributed by atoms with Crippen LogP contribution in [0.25, 0.3) is 0 Å². The molecule has 0 aromatic rings. The largest absolute Gasteiger partial charge is 0.396 e. The molecule has 0 spiro atoms. The first-order valence-electron chi connectivity index (χ1n) is 8.02. The number of rotatable bonds is 14.